The highest BCUT2D eigenvalue weighted by atomic mass is 32.2. The first-order chi connectivity index (χ1) is 10.3. The Bertz CT molecular complexity index is 592. The zero-order valence-electron chi connectivity index (χ0n) is 12.2. The molecule has 1 aromatic carbocycles. The number of amidine groups is 1. The molecule has 0 aliphatic carbocycles. The Labute approximate surface area is 129 Å². The van der Waals surface area contributed by atoms with Gasteiger partial charge in [0.2, 0.25) is 0 Å². The van der Waals surface area contributed by atoms with Crippen LogP contribution in [0.3, 0.4) is 0 Å². The molecule has 0 saturated heterocycles. The van der Waals surface area contributed by atoms with Crippen LogP contribution in [0.25, 0.3) is 5.57 Å². The number of methoxy groups -OCH3 is 1. The molecule has 110 valence electrons. The molecule has 2 aliphatic rings. The van der Waals surface area contributed by atoms with Gasteiger partial charge in [-0.2, -0.15) is 0 Å². The molecule has 1 aromatic rings. The van der Waals surface area contributed by atoms with Crippen LogP contribution in [0.15, 0.2) is 39.7 Å². The second-order valence-electron chi connectivity index (χ2n) is 5.13. The molecule has 21 heavy (non-hydrogen) atoms. The van der Waals surface area contributed by atoms with Crippen LogP contribution in [-0.4, -0.2) is 37.8 Å². The van der Waals surface area contributed by atoms with Gasteiger partial charge in [-0.25, -0.2) is 0 Å². The normalized spacial score (nSPS) is 25.6. The van der Waals surface area contributed by atoms with E-state index in [0.717, 1.165) is 5.84 Å². The Morgan fingerprint density at radius 3 is 2.90 bits per heavy atom. The summed E-state index contributed by atoms with van der Waals surface area (Å²) in [4.78, 5) is 9.17. The van der Waals surface area contributed by atoms with E-state index >= 15 is 0 Å². The highest BCUT2D eigenvalue weighted by molar-refractivity contribution is 8.03. The lowest BCUT2D eigenvalue weighted by Gasteiger charge is -2.25. The Morgan fingerprint density at radius 2 is 2.14 bits per heavy atom. The fraction of sp³-hybridized carbons (Fsp3) is 0.375. The van der Waals surface area contributed by atoms with Crippen LogP contribution in [0.2, 0.25) is 0 Å². The molecule has 0 radical (unpaired) electrons. The zero-order valence-corrected chi connectivity index (χ0v) is 13.1. The molecule has 0 spiro atoms. The monoisotopic (exact) mass is 301 g/mol. The number of nitrogens with zero attached hydrogens (tertiary/aromatic N) is 2. The molecule has 0 saturated carbocycles. The lowest BCUT2D eigenvalue weighted by atomic mass is 9.91. The molecule has 5 heteroatoms. The third-order valence-corrected chi connectivity index (χ3v) is 4.71. The third kappa shape index (κ3) is 3.04. The van der Waals surface area contributed by atoms with Crippen molar-refractivity contribution in [1.82, 2.24) is 5.32 Å². The summed E-state index contributed by atoms with van der Waals surface area (Å²) in [6, 6.07) is 8.65. The number of nitrogens with one attached hydrogen (secondary N) is 1. The van der Waals surface area contributed by atoms with Gasteiger partial charge in [-0.3, -0.25) is 9.98 Å². The lowest BCUT2D eigenvalue weighted by Crippen LogP contribution is -2.39. The minimum atomic E-state index is 0.198. The second-order valence-corrected chi connectivity index (χ2v) is 6.12. The van der Waals surface area contributed by atoms with Gasteiger partial charge in [-0.1, -0.05) is 29.8 Å². The summed E-state index contributed by atoms with van der Waals surface area (Å²) in [6.45, 7) is 3.41. The standard InChI is InChI=1S/C16H19N3OS/c1-11-3-5-12(6-4-11)13-9-21-16-14(13)15(18-10-19-16)17-7-8-20-2/h3-6,9-10,14,16H,7-8H2,1-2H3,(H,17,18,19)/t14-,16+/m0/s1. The highest BCUT2D eigenvalue weighted by Crippen LogP contribution is 2.43. The van der Waals surface area contributed by atoms with Gasteiger partial charge in [0.15, 0.2) is 0 Å². The minimum Gasteiger partial charge on any atom is -0.383 e. The molecule has 3 rings (SSSR count). The van der Waals surface area contributed by atoms with Gasteiger partial charge < -0.3 is 10.1 Å². The number of hydrogen-bond donors (Lipinski definition) is 1. The van der Waals surface area contributed by atoms with Gasteiger partial charge in [-0.15, -0.1) is 11.8 Å². The van der Waals surface area contributed by atoms with Crippen LogP contribution in [0.1, 0.15) is 11.1 Å². The number of aliphatic imine (C=N–C) groups is 2. The maximum Gasteiger partial charge on any atom is 0.115 e. The van der Waals surface area contributed by atoms with Gasteiger partial charge in [-0.05, 0) is 23.5 Å². The molecule has 0 bridgehead atoms. The number of rotatable bonds is 4. The summed E-state index contributed by atoms with van der Waals surface area (Å²) in [5.41, 5.74) is 3.82. The Kier molecular flexibility index (Phi) is 4.41. The predicted octanol–water partition coefficient (Wildman–Crippen LogP) is 2.70. The van der Waals surface area contributed by atoms with Crippen LogP contribution in [0, 0.1) is 12.8 Å². The van der Waals surface area contributed by atoms with Crippen molar-refractivity contribution >= 4 is 29.5 Å². The summed E-state index contributed by atoms with van der Waals surface area (Å²) in [6.07, 6.45) is 1.76. The maximum absolute atomic E-state index is 5.08. The smallest absolute Gasteiger partial charge is 0.115 e. The van der Waals surface area contributed by atoms with Crippen molar-refractivity contribution in [2.75, 3.05) is 20.3 Å². The molecule has 1 N–H and O–H groups in total. The summed E-state index contributed by atoms with van der Waals surface area (Å²) in [5.74, 6) is 1.20. The van der Waals surface area contributed by atoms with Gasteiger partial charge in [0, 0.05) is 7.11 Å². The Hall–Kier alpha value is -1.59. The first-order valence-corrected chi connectivity index (χ1v) is 7.98. The predicted molar refractivity (Wildman–Crippen MR) is 89.8 cm³/mol. The molecular weight excluding hydrogens is 282 g/mol. The van der Waals surface area contributed by atoms with Gasteiger partial charge in [0.05, 0.1) is 25.4 Å². The lowest BCUT2D eigenvalue weighted by molar-refractivity contribution is 0.208. The zero-order chi connectivity index (χ0) is 14.7. The number of benzene rings is 1. The molecule has 0 fully saturated rings. The molecule has 2 aliphatic heterocycles. The summed E-state index contributed by atoms with van der Waals surface area (Å²) in [5, 5.41) is 5.63. The van der Waals surface area contributed by atoms with Crippen LogP contribution in [-0.2, 0) is 4.74 Å². The van der Waals surface area contributed by atoms with Crippen molar-refractivity contribution in [3.8, 4) is 0 Å². The average Bonchev–Trinajstić information content (AvgIpc) is 2.93. The Morgan fingerprint density at radius 1 is 1.33 bits per heavy atom. The van der Waals surface area contributed by atoms with Gasteiger partial charge >= 0.3 is 0 Å². The van der Waals surface area contributed by atoms with Gasteiger partial charge in [0.1, 0.15) is 11.2 Å². The van der Waals surface area contributed by atoms with Crippen LogP contribution in [0.4, 0.5) is 0 Å². The molecule has 0 amide bonds. The van der Waals surface area contributed by atoms with E-state index in [-0.39, 0.29) is 11.3 Å². The van der Waals surface area contributed by atoms with E-state index in [4.69, 9.17) is 4.74 Å². The van der Waals surface area contributed by atoms with Crippen molar-refractivity contribution < 1.29 is 4.74 Å². The summed E-state index contributed by atoms with van der Waals surface area (Å²) < 4.78 is 5.08. The topological polar surface area (TPSA) is 46.0 Å². The van der Waals surface area contributed by atoms with E-state index < -0.39 is 0 Å². The largest absolute Gasteiger partial charge is 0.383 e. The van der Waals surface area contributed by atoms with E-state index in [0.29, 0.717) is 13.2 Å². The van der Waals surface area contributed by atoms with Crippen LogP contribution >= 0.6 is 11.8 Å². The number of ether oxygens (including phenoxy) is 1. The fourth-order valence-electron chi connectivity index (χ4n) is 2.51. The van der Waals surface area contributed by atoms with Crippen molar-refractivity contribution in [2.24, 2.45) is 15.9 Å². The minimum absolute atomic E-state index is 0.198. The average molecular weight is 301 g/mol. The summed E-state index contributed by atoms with van der Waals surface area (Å²) in [7, 11) is 1.70. The molecule has 0 aromatic heterocycles. The second kappa shape index (κ2) is 6.45. The number of thioether (sulfide) groups is 1. The van der Waals surface area contributed by atoms with E-state index in [1.54, 1.807) is 25.2 Å². The van der Waals surface area contributed by atoms with E-state index in [9.17, 15) is 0 Å². The first-order valence-electron chi connectivity index (χ1n) is 7.03. The van der Waals surface area contributed by atoms with Crippen LogP contribution < -0.4 is 5.32 Å². The van der Waals surface area contributed by atoms with Crippen molar-refractivity contribution in [1.29, 1.82) is 0 Å². The molecule has 0 unspecified atom stereocenters. The number of fused-ring (bicyclic) bond motifs is 1. The van der Waals surface area contributed by atoms with Crippen molar-refractivity contribution in [2.45, 2.75) is 12.3 Å². The SMILES string of the molecule is COCCN=C1NC=N[C@@H]2SC=C(c3ccc(C)cc3)[C@@H]12. The first kappa shape index (κ1) is 14.4. The quantitative estimate of drug-likeness (QED) is 0.870. The van der Waals surface area contributed by atoms with E-state index in [1.807, 2.05) is 0 Å². The van der Waals surface area contributed by atoms with Crippen molar-refractivity contribution in [3.05, 3.63) is 40.8 Å². The van der Waals surface area contributed by atoms with Gasteiger partial charge in [0.25, 0.3) is 0 Å². The maximum atomic E-state index is 5.08. The number of hydrogen-bond acceptors (Lipinski definition) is 4. The molecule has 2 atom stereocenters. The molecule has 4 nitrogen and oxygen atoms in total. The van der Waals surface area contributed by atoms with E-state index in [1.165, 1.54) is 16.7 Å². The summed E-state index contributed by atoms with van der Waals surface area (Å²) >= 11 is 1.76. The highest BCUT2D eigenvalue weighted by Gasteiger charge is 2.36. The van der Waals surface area contributed by atoms with E-state index in [2.05, 4.69) is 51.9 Å². The Balaban J connectivity index is 1.87. The molecular formula is C16H19N3OS. The fourth-order valence-corrected chi connectivity index (χ4v) is 3.65. The molecule has 2 heterocycles. The van der Waals surface area contributed by atoms with Crippen LogP contribution in [0.5, 0.6) is 0 Å². The van der Waals surface area contributed by atoms with Crippen molar-refractivity contribution in [3.63, 3.8) is 0 Å². The third-order valence-electron chi connectivity index (χ3n) is 3.65. The number of aryl methyl sites for hydroxylation is 1.